The maximum absolute atomic E-state index is 12.7. The summed E-state index contributed by atoms with van der Waals surface area (Å²) in [5, 5.41) is 3.04. The first kappa shape index (κ1) is 25.2. The van der Waals surface area contributed by atoms with E-state index in [2.05, 4.69) is 36.3 Å². The molecule has 0 amide bonds. The van der Waals surface area contributed by atoms with Crippen molar-refractivity contribution in [2.45, 2.75) is 20.4 Å². The molecule has 2 rings (SSSR count). The molecule has 2 aromatic heterocycles. The van der Waals surface area contributed by atoms with E-state index < -0.39 is 39.5 Å². The standard InChI is InChI=1S/C17H25N6O8P/c1-4-5-19-15-14-16(22-17(18)21-15)23(8-20-14)6-7-27-11-32(26,30-9-28-12(2)24)31-10-29-13(3)25/h4,8H,1,5-7,9-11H2,2-3H3,(H3,18,19,21,22). The first-order valence-electron chi connectivity index (χ1n) is 9.30. The summed E-state index contributed by atoms with van der Waals surface area (Å²) in [6.07, 6.45) is 2.72. The summed E-state index contributed by atoms with van der Waals surface area (Å²) >= 11 is 0. The quantitative estimate of drug-likeness (QED) is 0.132. The van der Waals surface area contributed by atoms with Crippen LogP contribution in [-0.4, -0.2) is 64.5 Å². The number of aromatic nitrogens is 4. The highest BCUT2D eigenvalue weighted by molar-refractivity contribution is 7.53. The van der Waals surface area contributed by atoms with Gasteiger partial charge in [-0.15, -0.1) is 6.58 Å². The second-order valence-corrected chi connectivity index (χ2v) is 8.12. The van der Waals surface area contributed by atoms with Gasteiger partial charge in [0.05, 0.1) is 12.9 Å². The molecule has 0 aliphatic carbocycles. The van der Waals surface area contributed by atoms with Gasteiger partial charge in [0.1, 0.15) is 6.35 Å². The van der Waals surface area contributed by atoms with Crippen LogP contribution in [0.3, 0.4) is 0 Å². The van der Waals surface area contributed by atoms with E-state index >= 15 is 0 Å². The second-order valence-electron chi connectivity index (χ2n) is 6.12. The molecule has 15 heteroatoms. The van der Waals surface area contributed by atoms with Gasteiger partial charge in [0.15, 0.2) is 17.0 Å². The number of hydrogen-bond donors (Lipinski definition) is 2. The number of rotatable bonds is 14. The van der Waals surface area contributed by atoms with Gasteiger partial charge in [-0.2, -0.15) is 9.97 Å². The molecule has 0 aliphatic rings. The highest BCUT2D eigenvalue weighted by Crippen LogP contribution is 2.48. The Morgan fingerprint density at radius 2 is 1.88 bits per heavy atom. The molecule has 3 N–H and O–H groups in total. The average Bonchev–Trinajstić information content (AvgIpc) is 3.11. The number of nitrogens with two attached hydrogens (primary N) is 1. The molecule has 2 heterocycles. The smallest absolute Gasteiger partial charge is 0.361 e. The molecule has 176 valence electrons. The van der Waals surface area contributed by atoms with Gasteiger partial charge >= 0.3 is 19.5 Å². The normalized spacial score (nSPS) is 11.3. The number of fused-ring (bicyclic) bond motifs is 1. The Balaban J connectivity index is 1.97. The topological polar surface area (TPSA) is 179 Å². The average molecular weight is 472 g/mol. The van der Waals surface area contributed by atoms with Crippen LogP contribution in [-0.2, 0) is 44.0 Å². The summed E-state index contributed by atoms with van der Waals surface area (Å²) in [5.41, 5.74) is 6.76. The summed E-state index contributed by atoms with van der Waals surface area (Å²) in [7, 11) is -3.88. The largest absolute Gasteiger partial charge is 0.438 e. The molecule has 0 atom stereocenters. The van der Waals surface area contributed by atoms with Gasteiger partial charge in [0.2, 0.25) is 19.5 Å². The van der Waals surface area contributed by atoms with Gasteiger partial charge in [-0.3, -0.25) is 23.2 Å². The van der Waals surface area contributed by atoms with Gasteiger partial charge in [0.25, 0.3) is 0 Å². The number of hydrogen-bond acceptors (Lipinski definition) is 13. The van der Waals surface area contributed by atoms with Crippen molar-refractivity contribution in [2.75, 3.05) is 44.1 Å². The molecule has 0 bridgehead atoms. The van der Waals surface area contributed by atoms with Gasteiger partial charge in [0, 0.05) is 26.9 Å². The molecule has 0 saturated heterocycles. The lowest BCUT2D eigenvalue weighted by Crippen LogP contribution is -2.13. The van der Waals surface area contributed by atoms with E-state index in [-0.39, 0.29) is 19.1 Å². The number of ether oxygens (including phenoxy) is 3. The number of carbonyl (C=O) groups is 2. The lowest BCUT2D eigenvalue weighted by molar-refractivity contribution is -0.149. The molecule has 0 unspecified atom stereocenters. The van der Waals surface area contributed by atoms with Crippen LogP contribution in [0.4, 0.5) is 11.8 Å². The zero-order valence-electron chi connectivity index (χ0n) is 17.7. The SMILES string of the molecule is C=CCNc1nc(N)nc2c1ncn2CCOCP(=O)(OCOC(C)=O)OCOC(C)=O. The van der Waals surface area contributed by atoms with Crippen LogP contribution < -0.4 is 11.1 Å². The van der Waals surface area contributed by atoms with Crippen molar-refractivity contribution in [2.24, 2.45) is 0 Å². The number of carbonyl (C=O) groups excluding carboxylic acids is 2. The van der Waals surface area contributed by atoms with Gasteiger partial charge in [-0.1, -0.05) is 6.08 Å². The zero-order chi connectivity index (χ0) is 23.6. The Morgan fingerprint density at radius 1 is 1.22 bits per heavy atom. The zero-order valence-corrected chi connectivity index (χ0v) is 18.6. The highest BCUT2D eigenvalue weighted by atomic mass is 31.2. The van der Waals surface area contributed by atoms with Crippen molar-refractivity contribution in [1.29, 1.82) is 0 Å². The lowest BCUT2D eigenvalue weighted by atomic mass is 10.4. The predicted molar refractivity (Wildman–Crippen MR) is 112 cm³/mol. The molecule has 32 heavy (non-hydrogen) atoms. The molecular weight excluding hydrogens is 447 g/mol. The second kappa shape index (κ2) is 12.1. The Kier molecular flexibility index (Phi) is 9.53. The third-order valence-corrected chi connectivity index (χ3v) is 5.14. The van der Waals surface area contributed by atoms with Crippen molar-refractivity contribution in [3.8, 4) is 0 Å². The minimum Gasteiger partial charge on any atom is -0.438 e. The predicted octanol–water partition coefficient (Wildman–Crippen LogP) is 1.25. The van der Waals surface area contributed by atoms with E-state index in [1.165, 1.54) is 6.33 Å². The first-order valence-corrected chi connectivity index (χ1v) is 11.0. The van der Waals surface area contributed by atoms with Crippen LogP contribution in [0, 0.1) is 0 Å². The molecule has 14 nitrogen and oxygen atoms in total. The molecule has 0 radical (unpaired) electrons. The van der Waals surface area contributed by atoms with Crippen LogP contribution >= 0.6 is 7.60 Å². The third kappa shape index (κ3) is 7.89. The Labute approximate surface area is 183 Å². The van der Waals surface area contributed by atoms with Crippen LogP contribution in [0.15, 0.2) is 19.0 Å². The minimum atomic E-state index is -3.88. The van der Waals surface area contributed by atoms with Crippen LogP contribution in [0.5, 0.6) is 0 Å². The van der Waals surface area contributed by atoms with E-state index in [0.717, 1.165) is 13.8 Å². The van der Waals surface area contributed by atoms with Crippen molar-refractivity contribution in [3.63, 3.8) is 0 Å². The number of nitrogens with one attached hydrogen (secondary N) is 1. The Bertz CT molecular complexity index is 973. The van der Waals surface area contributed by atoms with E-state index in [0.29, 0.717) is 23.5 Å². The summed E-state index contributed by atoms with van der Waals surface area (Å²) < 4.78 is 39.0. The number of nitrogen functional groups attached to an aromatic ring is 1. The van der Waals surface area contributed by atoms with Gasteiger partial charge < -0.3 is 29.8 Å². The summed E-state index contributed by atoms with van der Waals surface area (Å²) in [4.78, 5) is 34.3. The summed E-state index contributed by atoms with van der Waals surface area (Å²) in [6.45, 7) is 5.56. The molecule has 0 aliphatic heterocycles. The maximum Gasteiger partial charge on any atom is 0.361 e. The Morgan fingerprint density at radius 3 is 2.47 bits per heavy atom. The fraction of sp³-hybridized carbons (Fsp3) is 0.471. The highest BCUT2D eigenvalue weighted by Gasteiger charge is 2.26. The molecular formula is C17H25N6O8P. The van der Waals surface area contributed by atoms with E-state index in [1.54, 1.807) is 10.6 Å². The van der Waals surface area contributed by atoms with E-state index in [9.17, 15) is 14.2 Å². The lowest BCUT2D eigenvalue weighted by Gasteiger charge is -2.18. The first-order chi connectivity index (χ1) is 15.2. The van der Waals surface area contributed by atoms with Gasteiger partial charge in [-0.05, 0) is 0 Å². The fourth-order valence-electron chi connectivity index (χ4n) is 2.25. The Hall–Kier alpha value is -3.06. The van der Waals surface area contributed by atoms with Gasteiger partial charge in [-0.25, -0.2) is 4.98 Å². The molecule has 0 fully saturated rings. The van der Waals surface area contributed by atoms with Crippen molar-refractivity contribution < 1.29 is 37.4 Å². The summed E-state index contributed by atoms with van der Waals surface area (Å²) in [6, 6.07) is 0. The number of imidazole rings is 1. The van der Waals surface area contributed by atoms with E-state index in [1.807, 2.05) is 0 Å². The number of anilines is 2. The molecule has 0 spiro atoms. The minimum absolute atomic E-state index is 0.0639. The monoisotopic (exact) mass is 472 g/mol. The van der Waals surface area contributed by atoms with Crippen molar-refractivity contribution in [1.82, 2.24) is 19.5 Å². The molecule has 0 aromatic carbocycles. The molecule has 2 aromatic rings. The number of nitrogens with zero attached hydrogens (tertiary/aromatic N) is 4. The van der Waals surface area contributed by atoms with Crippen LogP contribution in [0.25, 0.3) is 11.2 Å². The number of esters is 2. The van der Waals surface area contributed by atoms with Crippen LogP contribution in [0.1, 0.15) is 13.8 Å². The van der Waals surface area contributed by atoms with Crippen molar-refractivity contribution in [3.05, 3.63) is 19.0 Å². The van der Waals surface area contributed by atoms with Crippen molar-refractivity contribution >= 4 is 42.5 Å². The van der Waals surface area contributed by atoms with Crippen LogP contribution in [0.2, 0.25) is 0 Å². The third-order valence-electron chi connectivity index (χ3n) is 3.64. The summed E-state index contributed by atoms with van der Waals surface area (Å²) in [5.74, 6) is -0.733. The van der Waals surface area contributed by atoms with E-state index in [4.69, 9.17) is 19.5 Å². The maximum atomic E-state index is 12.7. The molecule has 0 saturated carbocycles. The fourth-order valence-corrected chi connectivity index (χ4v) is 3.25.